The minimum atomic E-state index is -2.12. The van der Waals surface area contributed by atoms with Gasteiger partial charge in [-0.1, -0.05) is 0 Å². The molecule has 0 aliphatic rings. The van der Waals surface area contributed by atoms with E-state index in [0.29, 0.717) is 0 Å². The first-order chi connectivity index (χ1) is 4.15. The summed E-state index contributed by atoms with van der Waals surface area (Å²) in [7, 11) is -3.62. The van der Waals surface area contributed by atoms with Gasteiger partial charge in [0.15, 0.2) is 8.69 Å². The van der Waals surface area contributed by atoms with Crippen molar-refractivity contribution in [3.05, 3.63) is 0 Å². The zero-order chi connectivity index (χ0) is 8.28. The van der Waals surface area contributed by atoms with Crippen molar-refractivity contribution in [2.24, 2.45) is 5.50 Å². The fourth-order valence-electron chi connectivity index (χ4n) is 0. The molecule has 0 aliphatic carbocycles. The summed E-state index contributed by atoms with van der Waals surface area (Å²) in [6, 6.07) is 0. The van der Waals surface area contributed by atoms with Gasteiger partial charge < -0.3 is 14.7 Å². The summed E-state index contributed by atoms with van der Waals surface area (Å²) in [5.74, 6) is 0. The molecule has 0 fully saturated rings. The fourth-order valence-corrected chi connectivity index (χ4v) is 0. The third-order valence-electron chi connectivity index (χ3n) is 0. The molecule has 6 nitrogen and oxygen atoms in total. The summed E-state index contributed by atoms with van der Waals surface area (Å²) in [6.07, 6.45) is 0. The van der Waals surface area contributed by atoms with E-state index < -0.39 is 17.2 Å². The molecule has 0 aromatic heterocycles. The van der Waals surface area contributed by atoms with E-state index in [0.717, 1.165) is 0 Å². The predicted octanol–water partition coefficient (Wildman–Crippen LogP) is -1.05. The lowest BCUT2D eigenvalue weighted by atomic mass is 11.9. The van der Waals surface area contributed by atoms with Crippen molar-refractivity contribution in [1.29, 1.82) is 5.26 Å². The van der Waals surface area contributed by atoms with E-state index in [-0.39, 0.29) is 0 Å². The van der Waals surface area contributed by atoms with Gasteiger partial charge in [0.2, 0.25) is 8.53 Å². The Hall–Kier alpha value is -0.0100. The van der Waals surface area contributed by atoms with Crippen LogP contribution >= 0.6 is 17.2 Å². The Balaban J connectivity index is -0.0000000646. The molecule has 1 unspecified atom stereocenters. The van der Waals surface area contributed by atoms with Crippen molar-refractivity contribution in [2.45, 2.75) is 0 Å². The minimum Gasteiger partial charge on any atom is -0.348 e. The monoisotopic (exact) mass is 174 g/mol. The second-order valence-corrected chi connectivity index (χ2v) is 1.28. The largest absolute Gasteiger partial charge is 0.348 e. The van der Waals surface area contributed by atoms with Gasteiger partial charge in [0.25, 0.3) is 0 Å². The average Bonchev–Trinajstić information content (AvgIpc) is 1.71. The Morgan fingerprint density at radius 2 is 1.56 bits per heavy atom. The summed E-state index contributed by atoms with van der Waals surface area (Å²) in [5.41, 5.74) is 4.29. The van der Waals surface area contributed by atoms with Gasteiger partial charge in [-0.3, -0.25) is 10.1 Å². The van der Waals surface area contributed by atoms with Crippen LogP contribution in [0.5, 0.6) is 0 Å². The molecule has 8 heteroatoms. The van der Waals surface area contributed by atoms with Gasteiger partial charge >= 0.3 is 0 Å². The summed E-state index contributed by atoms with van der Waals surface area (Å²) < 4.78 is 8.57. The number of hydrogen-bond acceptors (Lipinski definition) is 5. The van der Waals surface area contributed by atoms with Crippen molar-refractivity contribution in [3.63, 3.8) is 0 Å². The van der Waals surface area contributed by atoms with E-state index in [4.69, 9.17) is 24.5 Å². The van der Waals surface area contributed by atoms with E-state index in [1.54, 1.807) is 0 Å². The van der Waals surface area contributed by atoms with Crippen molar-refractivity contribution >= 4 is 17.2 Å². The molecule has 0 aromatic carbocycles. The van der Waals surface area contributed by atoms with Gasteiger partial charge in [-0.05, 0) is 0 Å². The Bertz CT molecular complexity index is 62.1. The molecular weight excluding hydrogens is 166 g/mol. The molecular formula is CH8N2O4P2. The van der Waals surface area contributed by atoms with Gasteiger partial charge in [-0.2, -0.15) is 0 Å². The van der Waals surface area contributed by atoms with Crippen LogP contribution in [0.1, 0.15) is 0 Å². The lowest BCUT2D eigenvalue weighted by Gasteiger charge is -1.79. The standard InChI is InChI=1S/CHN.H4NO2P.H3O2P/c1-2;1-4(2)3;1-3-2/h1H;2-3H,1H2;3H2,(H,1,2). The first-order valence-electron chi connectivity index (χ1n) is 1.41. The topological polar surface area (TPSA) is 128 Å². The lowest BCUT2D eigenvalue weighted by Crippen LogP contribution is -1.78. The van der Waals surface area contributed by atoms with Crippen LogP contribution in [-0.2, 0) is 4.57 Å². The Morgan fingerprint density at radius 3 is 1.56 bits per heavy atom. The normalized spacial score (nSPS) is 7.44. The van der Waals surface area contributed by atoms with Crippen LogP contribution in [0.2, 0.25) is 0 Å². The molecule has 9 heavy (non-hydrogen) atoms. The molecule has 0 amide bonds. The third kappa shape index (κ3) is 2870000. The highest BCUT2D eigenvalue weighted by atomic mass is 31.2. The van der Waals surface area contributed by atoms with Crippen LogP contribution < -0.4 is 5.50 Å². The van der Waals surface area contributed by atoms with Gasteiger partial charge in [0.1, 0.15) is 0 Å². The predicted molar refractivity (Wildman–Crippen MR) is 34.8 cm³/mol. The quantitative estimate of drug-likeness (QED) is 0.347. The number of nitrogens with zero attached hydrogens (tertiary/aromatic N) is 1. The SMILES string of the molecule is C#N.NP(O)O.O=[PH2]O. The molecule has 0 saturated carbocycles. The molecule has 0 aromatic rings. The molecule has 0 aliphatic heterocycles. The van der Waals surface area contributed by atoms with Crippen LogP contribution in [0.15, 0.2) is 0 Å². The highest BCUT2D eigenvalue weighted by Gasteiger charge is 1.72. The number of nitrogens with two attached hydrogens (primary N) is 1. The molecule has 56 valence electrons. The van der Waals surface area contributed by atoms with Crippen LogP contribution in [0.4, 0.5) is 0 Å². The number of rotatable bonds is 0. The Morgan fingerprint density at radius 1 is 1.56 bits per heavy atom. The second-order valence-electron chi connectivity index (χ2n) is 0.426. The Kier molecular flexibility index (Phi) is 43.6. The summed E-state index contributed by atoms with van der Waals surface area (Å²) >= 11 is 0. The smallest absolute Gasteiger partial charge is 0.247 e. The molecule has 0 rings (SSSR count). The van der Waals surface area contributed by atoms with E-state index in [2.05, 4.69) is 12.1 Å². The van der Waals surface area contributed by atoms with E-state index in [1.165, 1.54) is 0 Å². The molecule has 0 heterocycles. The maximum absolute atomic E-state index is 8.57. The zero-order valence-corrected chi connectivity index (χ0v) is 6.43. The summed E-state index contributed by atoms with van der Waals surface area (Å²) in [4.78, 5) is 22.0. The molecule has 0 bridgehead atoms. The maximum atomic E-state index is 8.57. The summed E-state index contributed by atoms with van der Waals surface area (Å²) in [6.45, 7) is 3.50. The molecule has 1 atom stereocenters. The fraction of sp³-hybridized carbons (Fsp3) is 0. The van der Waals surface area contributed by atoms with Gasteiger partial charge in [0.05, 0.1) is 0 Å². The molecule has 0 saturated heterocycles. The molecule has 0 spiro atoms. The lowest BCUT2D eigenvalue weighted by molar-refractivity contribution is 0.485. The number of hydrogen-bond donors (Lipinski definition) is 4. The van der Waals surface area contributed by atoms with E-state index >= 15 is 0 Å². The van der Waals surface area contributed by atoms with Gasteiger partial charge in [0, 0.05) is 6.57 Å². The van der Waals surface area contributed by atoms with Crippen LogP contribution in [0.3, 0.4) is 0 Å². The van der Waals surface area contributed by atoms with Crippen molar-refractivity contribution in [1.82, 2.24) is 0 Å². The van der Waals surface area contributed by atoms with Gasteiger partial charge in [-0.25, -0.2) is 5.26 Å². The van der Waals surface area contributed by atoms with Crippen LogP contribution in [-0.4, -0.2) is 14.7 Å². The summed E-state index contributed by atoms with van der Waals surface area (Å²) in [5, 5.41) is 6.50. The van der Waals surface area contributed by atoms with Gasteiger partial charge in [-0.15, -0.1) is 0 Å². The minimum absolute atomic E-state index is 1.50. The number of nitriles is 1. The third-order valence-corrected chi connectivity index (χ3v) is 0. The Labute approximate surface area is 54.8 Å². The first-order valence-corrected chi connectivity index (χ1v) is 3.71. The van der Waals surface area contributed by atoms with E-state index in [9.17, 15) is 0 Å². The highest BCUT2D eigenvalue weighted by molar-refractivity contribution is 7.42. The zero-order valence-electron chi connectivity index (χ0n) is 4.38. The second kappa shape index (κ2) is 24.5. The molecule has 0 radical (unpaired) electrons. The van der Waals surface area contributed by atoms with Crippen LogP contribution in [0, 0.1) is 11.8 Å². The average molecular weight is 174 g/mol. The van der Waals surface area contributed by atoms with Crippen LogP contribution in [0.25, 0.3) is 0 Å². The van der Waals surface area contributed by atoms with Crippen molar-refractivity contribution in [2.75, 3.05) is 0 Å². The highest BCUT2D eigenvalue weighted by Crippen LogP contribution is 2.05. The van der Waals surface area contributed by atoms with E-state index in [1.807, 2.05) is 0 Å². The van der Waals surface area contributed by atoms with Crippen molar-refractivity contribution in [3.8, 4) is 6.57 Å². The van der Waals surface area contributed by atoms with Crippen molar-refractivity contribution < 1.29 is 19.2 Å². The molecule has 5 N–H and O–H groups in total. The first kappa shape index (κ1) is 16.0. The maximum Gasteiger partial charge on any atom is 0.247 e.